The van der Waals surface area contributed by atoms with Gasteiger partial charge >= 0.3 is 11.8 Å². The van der Waals surface area contributed by atoms with Crippen molar-refractivity contribution in [3.05, 3.63) is 58.4 Å². The van der Waals surface area contributed by atoms with Crippen LogP contribution < -0.4 is 10.4 Å². The van der Waals surface area contributed by atoms with Crippen LogP contribution in [0.5, 0.6) is 11.5 Å². The van der Waals surface area contributed by atoms with Crippen molar-refractivity contribution in [1.29, 1.82) is 0 Å². The van der Waals surface area contributed by atoms with Crippen LogP contribution in [0, 0.1) is 6.92 Å². The minimum Gasteiger partial charge on any atom is -0.505 e. The number of ether oxygens (including phenoxy) is 5. The maximum Gasteiger partial charge on any atom is 0.509 e. The van der Waals surface area contributed by atoms with Crippen molar-refractivity contribution >= 4 is 28.5 Å². The third kappa shape index (κ3) is 4.06. The molecule has 11 nitrogen and oxygen atoms in total. The Kier molecular flexibility index (Phi) is 5.89. The molecule has 3 heterocycles. The molecule has 36 heavy (non-hydrogen) atoms. The van der Waals surface area contributed by atoms with Gasteiger partial charge in [-0.3, -0.25) is 0 Å². The fraction of sp³-hybridized carbons (Fsp3) is 0.360. The van der Waals surface area contributed by atoms with Gasteiger partial charge < -0.3 is 33.2 Å². The highest BCUT2D eigenvalue weighted by Crippen LogP contribution is 2.41. The number of nitrogens with zero attached hydrogens (tertiary/aromatic N) is 2. The Bertz CT molecular complexity index is 1400. The molecule has 2 aliphatic heterocycles. The van der Waals surface area contributed by atoms with E-state index in [2.05, 4.69) is 10.2 Å². The predicted octanol–water partition coefficient (Wildman–Crippen LogP) is 4.66. The number of methoxy groups -OCH3 is 1. The molecule has 4 atom stereocenters. The third-order valence-electron chi connectivity index (χ3n) is 6.20. The molecule has 2 saturated heterocycles. The second-order valence-corrected chi connectivity index (χ2v) is 8.97. The Labute approximate surface area is 205 Å². The smallest absolute Gasteiger partial charge is 0.505 e. The maximum absolute atomic E-state index is 12.6. The SMILES string of the molecule is CO[C@@H]1[C@H]2OC(=O)O[C@@H]2C(Oc2ccc3c(O)c(N=Nc4ccccc4)c(=O)oc3c2C)OC1(C)C. The average molecular weight is 496 g/mol. The summed E-state index contributed by atoms with van der Waals surface area (Å²) < 4.78 is 33.7. The molecule has 0 radical (unpaired) electrons. The molecule has 1 N–H and O–H groups in total. The number of hydrogen-bond donors (Lipinski definition) is 1. The molecule has 0 saturated carbocycles. The van der Waals surface area contributed by atoms with E-state index in [-0.39, 0.29) is 22.4 Å². The summed E-state index contributed by atoms with van der Waals surface area (Å²) in [6.45, 7) is 5.23. The molecule has 2 fully saturated rings. The number of fused-ring (bicyclic) bond motifs is 2. The van der Waals surface area contributed by atoms with Crippen LogP contribution in [0.25, 0.3) is 11.0 Å². The van der Waals surface area contributed by atoms with Gasteiger partial charge in [-0.2, -0.15) is 5.11 Å². The molecular weight excluding hydrogens is 472 g/mol. The normalized spacial score (nSPS) is 24.9. The monoisotopic (exact) mass is 496 g/mol. The highest BCUT2D eigenvalue weighted by molar-refractivity contribution is 5.90. The summed E-state index contributed by atoms with van der Waals surface area (Å²) in [5.41, 5.74) is -1.02. The molecule has 1 unspecified atom stereocenters. The standard InChI is InChI=1S/C25H24N2O9/c1-12-15(32-23-20-19(34-24(30)35-20)21(31-4)25(2,3)36-23)11-10-14-17(28)16(22(29)33-18(12)14)27-26-13-8-6-5-7-9-13/h5-11,19-21,23,28H,1-4H3/t19-,20-,21+,23?/m0/s1. The van der Waals surface area contributed by atoms with E-state index in [0.29, 0.717) is 17.0 Å². The van der Waals surface area contributed by atoms with Crippen molar-refractivity contribution in [1.82, 2.24) is 0 Å². The van der Waals surface area contributed by atoms with E-state index >= 15 is 0 Å². The van der Waals surface area contributed by atoms with Crippen LogP contribution >= 0.6 is 0 Å². The summed E-state index contributed by atoms with van der Waals surface area (Å²) in [6.07, 6.45) is -4.07. The van der Waals surface area contributed by atoms with Crippen LogP contribution in [0.15, 0.2) is 61.9 Å². The molecule has 11 heteroatoms. The van der Waals surface area contributed by atoms with Gasteiger partial charge in [-0.15, -0.1) is 5.11 Å². The molecule has 0 aliphatic carbocycles. The summed E-state index contributed by atoms with van der Waals surface area (Å²) in [5.74, 6) is -0.0752. The summed E-state index contributed by atoms with van der Waals surface area (Å²) in [6, 6.07) is 11.9. The van der Waals surface area contributed by atoms with E-state index in [1.807, 2.05) is 6.07 Å². The largest absolute Gasteiger partial charge is 0.509 e. The van der Waals surface area contributed by atoms with Crippen molar-refractivity contribution in [2.75, 3.05) is 7.11 Å². The van der Waals surface area contributed by atoms with Crippen molar-refractivity contribution in [3.63, 3.8) is 0 Å². The van der Waals surface area contributed by atoms with Crippen LogP contribution in [0.1, 0.15) is 19.4 Å². The summed E-state index contributed by atoms with van der Waals surface area (Å²) in [7, 11) is 1.50. The average Bonchev–Trinajstić information content (AvgIpc) is 3.22. The van der Waals surface area contributed by atoms with Gasteiger partial charge in [0.2, 0.25) is 18.1 Å². The molecule has 188 valence electrons. The Morgan fingerprint density at radius 3 is 2.44 bits per heavy atom. The van der Waals surface area contributed by atoms with Gasteiger partial charge in [0.05, 0.1) is 16.7 Å². The van der Waals surface area contributed by atoms with Crippen LogP contribution in [0.3, 0.4) is 0 Å². The van der Waals surface area contributed by atoms with E-state index in [9.17, 15) is 14.7 Å². The topological polar surface area (TPSA) is 138 Å². The fourth-order valence-corrected chi connectivity index (χ4v) is 4.47. The number of aromatic hydroxyl groups is 1. The number of hydrogen-bond acceptors (Lipinski definition) is 11. The van der Waals surface area contributed by atoms with E-state index in [1.54, 1.807) is 51.1 Å². The quantitative estimate of drug-likeness (QED) is 0.304. The van der Waals surface area contributed by atoms with Gasteiger partial charge in [0.25, 0.3) is 0 Å². The highest BCUT2D eigenvalue weighted by Gasteiger charge is 2.59. The van der Waals surface area contributed by atoms with Crippen molar-refractivity contribution < 1.29 is 38.0 Å². The lowest BCUT2D eigenvalue weighted by Gasteiger charge is -2.45. The minimum absolute atomic E-state index is 0.106. The summed E-state index contributed by atoms with van der Waals surface area (Å²) >= 11 is 0. The van der Waals surface area contributed by atoms with E-state index in [4.69, 9.17) is 28.1 Å². The van der Waals surface area contributed by atoms with E-state index in [1.165, 1.54) is 13.2 Å². The van der Waals surface area contributed by atoms with Gasteiger partial charge in [0, 0.05) is 12.7 Å². The van der Waals surface area contributed by atoms with Crippen molar-refractivity contribution in [2.24, 2.45) is 10.2 Å². The zero-order valence-electron chi connectivity index (χ0n) is 20.0. The molecule has 0 bridgehead atoms. The molecule has 2 aromatic carbocycles. The Balaban J connectivity index is 1.48. The molecule has 2 aliphatic rings. The van der Waals surface area contributed by atoms with Crippen LogP contribution in [0.2, 0.25) is 0 Å². The van der Waals surface area contributed by atoms with Crippen molar-refractivity contribution in [2.45, 2.75) is 51.0 Å². The first-order chi connectivity index (χ1) is 17.2. The van der Waals surface area contributed by atoms with E-state index < -0.39 is 42.0 Å². The van der Waals surface area contributed by atoms with Gasteiger partial charge in [0.1, 0.15) is 17.4 Å². The number of benzene rings is 2. The number of rotatable bonds is 5. The third-order valence-corrected chi connectivity index (χ3v) is 6.20. The second kappa shape index (κ2) is 8.92. The number of carbonyl (C=O) groups excluding carboxylic acids is 1. The molecule has 0 spiro atoms. The summed E-state index contributed by atoms with van der Waals surface area (Å²) in [5, 5.41) is 18.9. The van der Waals surface area contributed by atoms with Gasteiger partial charge in [-0.1, -0.05) is 18.2 Å². The molecule has 0 amide bonds. The Morgan fingerprint density at radius 2 is 1.72 bits per heavy atom. The second-order valence-electron chi connectivity index (χ2n) is 8.97. The lowest BCUT2D eigenvalue weighted by Crippen LogP contribution is -2.62. The Morgan fingerprint density at radius 1 is 1.00 bits per heavy atom. The molecule has 5 rings (SSSR count). The molecular formula is C25H24N2O9. The summed E-state index contributed by atoms with van der Waals surface area (Å²) in [4.78, 5) is 24.5. The maximum atomic E-state index is 12.6. The minimum atomic E-state index is -1.03. The number of carbonyl (C=O) groups is 1. The van der Waals surface area contributed by atoms with Crippen LogP contribution in [0.4, 0.5) is 16.2 Å². The van der Waals surface area contributed by atoms with Gasteiger partial charge in [0.15, 0.2) is 11.9 Å². The Hall–Kier alpha value is -3.96. The predicted molar refractivity (Wildman–Crippen MR) is 125 cm³/mol. The first kappa shape index (κ1) is 23.8. The van der Waals surface area contributed by atoms with Gasteiger partial charge in [-0.25, -0.2) is 9.59 Å². The fourth-order valence-electron chi connectivity index (χ4n) is 4.47. The zero-order chi connectivity index (χ0) is 25.6. The first-order valence-electron chi connectivity index (χ1n) is 11.2. The van der Waals surface area contributed by atoms with Crippen molar-refractivity contribution in [3.8, 4) is 11.5 Å². The zero-order valence-corrected chi connectivity index (χ0v) is 20.0. The number of azo groups is 1. The highest BCUT2D eigenvalue weighted by atomic mass is 16.8. The van der Waals surface area contributed by atoms with E-state index in [0.717, 1.165) is 0 Å². The number of aryl methyl sites for hydroxylation is 1. The molecule has 1 aromatic heterocycles. The lowest BCUT2D eigenvalue weighted by atomic mass is 9.89. The molecule has 3 aromatic rings. The first-order valence-corrected chi connectivity index (χ1v) is 11.2. The lowest BCUT2D eigenvalue weighted by molar-refractivity contribution is -0.282. The van der Waals surface area contributed by atoms with Gasteiger partial charge in [-0.05, 0) is 45.0 Å². The van der Waals surface area contributed by atoms with Crippen LogP contribution in [-0.2, 0) is 18.9 Å². The van der Waals surface area contributed by atoms with Crippen LogP contribution in [-0.4, -0.2) is 48.6 Å².